The van der Waals surface area contributed by atoms with Gasteiger partial charge in [-0.25, -0.2) is 0 Å². The molecule has 0 unspecified atom stereocenters. The molecule has 1 aromatic heterocycles. The summed E-state index contributed by atoms with van der Waals surface area (Å²) in [5.41, 5.74) is 6.39. The van der Waals surface area contributed by atoms with Crippen molar-refractivity contribution in [3.63, 3.8) is 0 Å². The maximum absolute atomic E-state index is 7.66. The van der Waals surface area contributed by atoms with E-state index in [1.54, 1.807) is 18.1 Å². The van der Waals surface area contributed by atoms with Crippen LogP contribution in [0.5, 0.6) is 0 Å². The summed E-state index contributed by atoms with van der Waals surface area (Å²) in [7, 11) is 1.91. The minimum Gasteiger partial charge on any atom is -0.384 e. The molecule has 0 aliphatic carbocycles. The summed E-state index contributed by atoms with van der Waals surface area (Å²) in [5, 5.41) is 18.5. The van der Waals surface area contributed by atoms with E-state index in [2.05, 4.69) is 10.2 Å². The fourth-order valence-electron chi connectivity index (χ4n) is 2.06. The zero-order chi connectivity index (χ0) is 14.1. The summed E-state index contributed by atoms with van der Waals surface area (Å²) < 4.78 is 1.87. The van der Waals surface area contributed by atoms with Gasteiger partial charge >= 0.3 is 0 Å². The molecule has 0 saturated heterocycles. The number of rotatable bonds is 3. The van der Waals surface area contributed by atoms with Gasteiger partial charge in [-0.15, -0.1) is 10.2 Å². The van der Waals surface area contributed by atoms with Gasteiger partial charge < -0.3 is 10.3 Å². The van der Waals surface area contributed by atoms with Crippen molar-refractivity contribution in [3.8, 4) is 0 Å². The first-order valence-corrected chi connectivity index (χ1v) is 6.86. The van der Waals surface area contributed by atoms with E-state index in [0.717, 1.165) is 26.4 Å². The lowest BCUT2D eigenvalue weighted by atomic mass is 10.0. The van der Waals surface area contributed by atoms with Crippen molar-refractivity contribution < 1.29 is 0 Å². The zero-order valence-corrected chi connectivity index (χ0v) is 11.7. The molecule has 20 heavy (non-hydrogen) atoms. The molecular formula is C14H13N5S. The summed E-state index contributed by atoms with van der Waals surface area (Å²) in [5.74, 6) is 0.0800. The van der Waals surface area contributed by atoms with Crippen LogP contribution in [0.25, 0.3) is 10.8 Å². The molecule has 0 fully saturated rings. The Labute approximate surface area is 120 Å². The Balaban J connectivity index is 2.15. The van der Waals surface area contributed by atoms with Crippen molar-refractivity contribution in [2.45, 2.75) is 10.1 Å². The Morgan fingerprint density at radius 1 is 1.20 bits per heavy atom. The van der Waals surface area contributed by atoms with E-state index in [1.165, 1.54) is 0 Å². The molecule has 0 atom stereocenters. The van der Waals surface area contributed by atoms with Gasteiger partial charge in [-0.05, 0) is 34.7 Å². The molecule has 0 bridgehead atoms. The number of aromatic nitrogens is 3. The molecule has 0 aliphatic rings. The Morgan fingerprint density at radius 3 is 2.60 bits per heavy atom. The second kappa shape index (κ2) is 4.97. The van der Waals surface area contributed by atoms with Crippen LogP contribution in [0.1, 0.15) is 5.56 Å². The average Bonchev–Trinajstić information content (AvgIpc) is 2.84. The molecule has 0 saturated carbocycles. The van der Waals surface area contributed by atoms with Crippen molar-refractivity contribution in [1.82, 2.24) is 14.8 Å². The van der Waals surface area contributed by atoms with E-state index < -0.39 is 0 Å². The quantitative estimate of drug-likeness (QED) is 0.571. The largest absolute Gasteiger partial charge is 0.384 e. The van der Waals surface area contributed by atoms with Crippen LogP contribution >= 0.6 is 11.8 Å². The smallest absolute Gasteiger partial charge is 0.195 e. The number of benzene rings is 2. The second-order valence-electron chi connectivity index (χ2n) is 4.40. The van der Waals surface area contributed by atoms with Gasteiger partial charge in [0.05, 0.1) is 0 Å². The second-order valence-corrected chi connectivity index (χ2v) is 5.41. The fourth-order valence-corrected chi connectivity index (χ4v) is 2.96. The molecule has 0 amide bonds. The van der Waals surface area contributed by atoms with Gasteiger partial charge in [0.1, 0.15) is 12.2 Å². The highest BCUT2D eigenvalue weighted by atomic mass is 32.2. The lowest BCUT2D eigenvalue weighted by Gasteiger charge is -2.09. The number of aryl methyl sites for hydroxylation is 1. The molecule has 6 heteroatoms. The Hall–Kier alpha value is -2.34. The third kappa shape index (κ3) is 2.14. The maximum Gasteiger partial charge on any atom is 0.195 e. The molecule has 3 N–H and O–H groups in total. The first-order valence-electron chi connectivity index (χ1n) is 6.05. The first kappa shape index (κ1) is 12.7. The van der Waals surface area contributed by atoms with E-state index in [4.69, 9.17) is 11.1 Å². The lowest BCUT2D eigenvalue weighted by molar-refractivity contribution is 0.789. The van der Waals surface area contributed by atoms with Gasteiger partial charge in [0.25, 0.3) is 0 Å². The third-order valence-electron chi connectivity index (χ3n) is 3.05. The molecular weight excluding hydrogens is 270 g/mol. The van der Waals surface area contributed by atoms with E-state index in [9.17, 15) is 0 Å². The number of nitrogens with two attached hydrogens (primary N) is 1. The van der Waals surface area contributed by atoms with Crippen LogP contribution in [-0.4, -0.2) is 20.6 Å². The van der Waals surface area contributed by atoms with Crippen molar-refractivity contribution in [2.75, 3.05) is 0 Å². The van der Waals surface area contributed by atoms with E-state index in [1.807, 2.05) is 48.0 Å². The van der Waals surface area contributed by atoms with Gasteiger partial charge in [0.2, 0.25) is 0 Å². The van der Waals surface area contributed by atoms with Crippen LogP contribution in [0.2, 0.25) is 0 Å². The highest BCUT2D eigenvalue weighted by Gasteiger charge is 2.10. The number of hydrogen-bond donors (Lipinski definition) is 2. The molecule has 5 nitrogen and oxygen atoms in total. The van der Waals surface area contributed by atoms with Crippen LogP contribution in [0.3, 0.4) is 0 Å². The molecule has 100 valence electrons. The topological polar surface area (TPSA) is 80.6 Å². The molecule has 3 aromatic rings. The van der Waals surface area contributed by atoms with Crippen LogP contribution in [-0.2, 0) is 7.05 Å². The summed E-state index contributed by atoms with van der Waals surface area (Å²) in [6.07, 6.45) is 1.68. The number of amidine groups is 1. The predicted molar refractivity (Wildman–Crippen MR) is 80.1 cm³/mol. The minimum absolute atomic E-state index is 0.0800. The Kier molecular flexibility index (Phi) is 3.15. The van der Waals surface area contributed by atoms with Crippen molar-refractivity contribution in [2.24, 2.45) is 12.8 Å². The van der Waals surface area contributed by atoms with Gasteiger partial charge in [-0.2, -0.15) is 0 Å². The first-order chi connectivity index (χ1) is 9.66. The molecule has 0 aliphatic heterocycles. The number of nitrogen functional groups attached to an aromatic ring is 1. The molecule has 0 radical (unpaired) electrons. The monoisotopic (exact) mass is 283 g/mol. The summed E-state index contributed by atoms with van der Waals surface area (Å²) in [6.45, 7) is 0. The Morgan fingerprint density at radius 2 is 1.95 bits per heavy atom. The van der Waals surface area contributed by atoms with Crippen LogP contribution in [0.15, 0.2) is 52.8 Å². The number of nitrogens with zero attached hydrogens (tertiary/aromatic N) is 3. The fraction of sp³-hybridized carbons (Fsp3) is 0.0714. The van der Waals surface area contributed by atoms with Crippen LogP contribution < -0.4 is 5.73 Å². The molecule has 1 heterocycles. The van der Waals surface area contributed by atoms with E-state index in [0.29, 0.717) is 0 Å². The molecule has 0 spiro atoms. The number of hydrogen-bond acceptors (Lipinski definition) is 4. The third-order valence-corrected chi connectivity index (χ3v) is 4.17. The van der Waals surface area contributed by atoms with Crippen molar-refractivity contribution in [3.05, 3.63) is 48.3 Å². The van der Waals surface area contributed by atoms with Crippen LogP contribution in [0.4, 0.5) is 0 Å². The highest BCUT2D eigenvalue weighted by Crippen LogP contribution is 2.33. The van der Waals surface area contributed by atoms with Crippen molar-refractivity contribution in [1.29, 1.82) is 5.41 Å². The zero-order valence-electron chi connectivity index (χ0n) is 10.9. The normalized spacial score (nSPS) is 10.8. The van der Waals surface area contributed by atoms with Gasteiger partial charge in [0.15, 0.2) is 5.16 Å². The standard InChI is InChI=1S/C14H13N5S/c1-19-8-17-18-14(19)20-12-7-6-11(13(15)16)9-4-2-3-5-10(9)12/h2-8H,1H3,(H3,15,16). The SMILES string of the molecule is Cn1cnnc1Sc1ccc(C(=N)N)c2ccccc12. The molecule has 2 aromatic carbocycles. The predicted octanol–water partition coefficient (Wildman–Crippen LogP) is 2.40. The van der Waals surface area contributed by atoms with Crippen molar-refractivity contribution >= 4 is 28.4 Å². The van der Waals surface area contributed by atoms with Gasteiger partial charge in [0, 0.05) is 17.5 Å². The number of nitrogens with one attached hydrogen (secondary N) is 1. The van der Waals surface area contributed by atoms with E-state index >= 15 is 0 Å². The summed E-state index contributed by atoms with van der Waals surface area (Å²) >= 11 is 1.55. The number of fused-ring (bicyclic) bond motifs is 1. The van der Waals surface area contributed by atoms with Crippen LogP contribution in [0, 0.1) is 5.41 Å². The van der Waals surface area contributed by atoms with E-state index in [-0.39, 0.29) is 5.84 Å². The summed E-state index contributed by atoms with van der Waals surface area (Å²) in [4.78, 5) is 1.07. The molecule has 3 rings (SSSR count). The van der Waals surface area contributed by atoms with Gasteiger partial charge in [-0.3, -0.25) is 5.41 Å². The Bertz CT molecular complexity index is 793. The average molecular weight is 283 g/mol. The summed E-state index contributed by atoms with van der Waals surface area (Å²) in [6, 6.07) is 11.8. The van der Waals surface area contributed by atoms with Gasteiger partial charge in [-0.1, -0.05) is 24.3 Å². The minimum atomic E-state index is 0.0800. The highest BCUT2D eigenvalue weighted by molar-refractivity contribution is 7.99. The maximum atomic E-state index is 7.66. The lowest BCUT2D eigenvalue weighted by Crippen LogP contribution is -2.11.